The molecule has 1 aliphatic rings. The zero-order valence-electron chi connectivity index (χ0n) is 32.2. The van der Waals surface area contributed by atoms with Crippen LogP contribution in [0.2, 0.25) is 0 Å². The van der Waals surface area contributed by atoms with Crippen LogP contribution in [-0.4, -0.2) is 46.3 Å². The number of carbonyl (C=O) groups excluding carboxylic acids is 1. The van der Waals surface area contributed by atoms with E-state index in [2.05, 4.69) is 6.92 Å². The van der Waals surface area contributed by atoms with Crippen LogP contribution in [0.25, 0.3) is 0 Å². The van der Waals surface area contributed by atoms with E-state index in [4.69, 9.17) is 20.3 Å². The third-order valence-electron chi connectivity index (χ3n) is 9.30. The molecule has 0 bridgehead atoms. The molecule has 9 nitrogen and oxygen atoms in total. The quantitative estimate of drug-likeness (QED) is 0.0849. The molecule has 1 aromatic heterocycles. The van der Waals surface area contributed by atoms with Crippen LogP contribution in [0, 0.1) is 6.92 Å². The lowest BCUT2D eigenvalue weighted by Crippen LogP contribution is -2.47. The Kier molecular flexibility index (Phi) is 12.9. The Morgan fingerprint density at radius 2 is 1.38 bits per heavy atom. The third kappa shape index (κ3) is 9.37. The van der Waals surface area contributed by atoms with Gasteiger partial charge in [-0.3, -0.25) is 9.36 Å². The van der Waals surface area contributed by atoms with E-state index in [1.165, 1.54) is 17.2 Å². The van der Waals surface area contributed by atoms with Crippen LogP contribution < -0.4 is 11.2 Å². The van der Waals surface area contributed by atoms with Crippen molar-refractivity contribution in [1.82, 2.24) is 9.13 Å². The van der Waals surface area contributed by atoms with Crippen molar-refractivity contribution in [2.75, 3.05) is 13.2 Å². The number of ether oxygens (including phenoxy) is 4. The number of hydrogen-bond acceptors (Lipinski definition) is 7. The van der Waals surface area contributed by atoms with Gasteiger partial charge < -0.3 is 18.9 Å². The molecule has 1 fully saturated rings. The van der Waals surface area contributed by atoms with Crippen LogP contribution in [0.5, 0.6) is 0 Å². The topological polar surface area (TPSA) is 98.0 Å². The van der Waals surface area contributed by atoms with Gasteiger partial charge in [-0.25, -0.2) is 9.59 Å². The van der Waals surface area contributed by atoms with Gasteiger partial charge in [0.25, 0.3) is 5.56 Å². The van der Waals surface area contributed by atoms with Gasteiger partial charge in [0.1, 0.15) is 23.5 Å². The average molecular weight is 712 g/mol. The normalized spacial score (nSPS) is 18.6. The standard InChI is InChI=1S/C43H54N2O7/c1-6-7-8-9-10-11-21-28-49-36-29-38(44-30-32(2)39(46)45(40(44)47)41(48)52-42(3,4)5)51-37(36)31-50-43(33-22-15-12-16-23-33,34-24-17-13-18-25-34)35-26-19-14-20-27-35/h12-20,22-27,30,36-38H,6-11,21,28-29,31H2,1-5H3/t36-,37-,38?/m1/s1/i21D/t21?,36-,37-,38?. The summed E-state index contributed by atoms with van der Waals surface area (Å²) in [7, 11) is 0. The van der Waals surface area contributed by atoms with E-state index in [0.29, 0.717) is 4.57 Å². The van der Waals surface area contributed by atoms with Gasteiger partial charge in [0.15, 0.2) is 0 Å². The molecule has 3 aromatic carbocycles. The number of aryl methyl sites for hydroxylation is 1. The summed E-state index contributed by atoms with van der Waals surface area (Å²) >= 11 is 0. The SMILES string of the molecule is [2H]C(CCCCCCC)CO[C@@H]1CC(n2cc(C)c(=O)n(C(=O)OC(C)(C)C)c2=O)O[C@@H]1COC(c1ccccc1)(c1ccccc1)c1ccccc1. The van der Waals surface area contributed by atoms with Crippen LogP contribution in [0.4, 0.5) is 4.79 Å². The molecule has 52 heavy (non-hydrogen) atoms. The van der Waals surface area contributed by atoms with Gasteiger partial charge in [0, 0.05) is 26.2 Å². The number of rotatable bonds is 16. The first-order valence-corrected chi connectivity index (χ1v) is 18.5. The van der Waals surface area contributed by atoms with Crippen LogP contribution in [0.15, 0.2) is 107 Å². The first kappa shape index (κ1) is 37.4. The Morgan fingerprint density at radius 3 is 1.92 bits per heavy atom. The Labute approximate surface area is 308 Å². The fourth-order valence-corrected chi connectivity index (χ4v) is 6.71. The summed E-state index contributed by atoms with van der Waals surface area (Å²) < 4.78 is 36.1. The summed E-state index contributed by atoms with van der Waals surface area (Å²) in [6, 6.07) is 30.1. The van der Waals surface area contributed by atoms with Gasteiger partial charge in [-0.15, -0.1) is 0 Å². The fraction of sp³-hybridized carbons (Fsp3) is 0.465. The minimum atomic E-state index is -1.05. The number of unbranched alkanes of at least 4 members (excludes halogenated alkanes) is 4. The number of hydrogen-bond donors (Lipinski definition) is 0. The number of benzene rings is 3. The van der Waals surface area contributed by atoms with Crippen molar-refractivity contribution in [3.05, 3.63) is 140 Å². The Morgan fingerprint density at radius 1 is 0.846 bits per heavy atom. The summed E-state index contributed by atoms with van der Waals surface area (Å²) in [4.78, 5) is 40.0. The average Bonchev–Trinajstić information content (AvgIpc) is 3.55. The van der Waals surface area contributed by atoms with Crippen LogP contribution in [0.1, 0.15) is 109 Å². The predicted octanol–water partition coefficient (Wildman–Crippen LogP) is 8.53. The highest BCUT2D eigenvalue weighted by Crippen LogP contribution is 2.42. The molecule has 0 amide bonds. The van der Waals surface area contributed by atoms with Crippen LogP contribution in [0.3, 0.4) is 0 Å². The lowest BCUT2D eigenvalue weighted by Gasteiger charge is -2.37. The first-order chi connectivity index (χ1) is 25.4. The molecule has 5 rings (SSSR count). The molecule has 0 N–H and O–H groups in total. The van der Waals surface area contributed by atoms with Crippen molar-refractivity contribution >= 4 is 6.09 Å². The molecule has 1 aliphatic heterocycles. The lowest BCUT2D eigenvalue weighted by atomic mass is 9.80. The summed E-state index contributed by atoms with van der Waals surface area (Å²) in [5.41, 5.74) is -0.599. The molecule has 2 heterocycles. The second-order valence-corrected chi connectivity index (χ2v) is 14.4. The van der Waals surface area contributed by atoms with E-state index in [-0.39, 0.29) is 25.2 Å². The smallest absolute Gasteiger partial charge is 0.425 e. The lowest BCUT2D eigenvalue weighted by molar-refractivity contribution is -0.104. The minimum Gasteiger partial charge on any atom is -0.443 e. The van der Waals surface area contributed by atoms with E-state index in [0.717, 1.165) is 48.8 Å². The van der Waals surface area contributed by atoms with Gasteiger partial charge in [0.05, 0.1) is 12.7 Å². The van der Waals surface area contributed by atoms with E-state index >= 15 is 0 Å². The van der Waals surface area contributed by atoms with E-state index in [9.17, 15) is 14.4 Å². The zero-order chi connectivity index (χ0) is 38.0. The van der Waals surface area contributed by atoms with Crippen molar-refractivity contribution in [1.29, 1.82) is 0 Å². The number of nitrogens with zero attached hydrogens (tertiary/aromatic N) is 2. The molecule has 4 atom stereocenters. The number of carbonyl (C=O) groups is 1. The van der Waals surface area contributed by atoms with Gasteiger partial charge in [-0.1, -0.05) is 136 Å². The molecule has 0 aliphatic carbocycles. The van der Waals surface area contributed by atoms with Gasteiger partial charge in [0.2, 0.25) is 0 Å². The van der Waals surface area contributed by atoms with Gasteiger partial charge in [-0.2, -0.15) is 4.57 Å². The molecule has 0 saturated carbocycles. The van der Waals surface area contributed by atoms with Crippen molar-refractivity contribution in [2.45, 2.75) is 116 Å². The van der Waals surface area contributed by atoms with Crippen molar-refractivity contribution in [3.63, 3.8) is 0 Å². The second kappa shape index (κ2) is 17.9. The molecular formula is C43H54N2O7. The molecule has 4 aromatic rings. The van der Waals surface area contributed by atoms with E-state index < -0.39 is 53.4 Å². The summed E-state index contributed by atoms with van der Waals surface area (Å²) in [5.74, 6) is 0. The Bertz CT molecular complexity index is 1780. The monoisotopic (exact) mass is 711 g/mol. The molecule has 0 spiro atoms. The fourth-order valence-electron chi connectivity index (χ4n) is 6.71. The largest absolute Gasteiger partial charge is 0.443 e. The number of aromatic nitrogens is 2. The van der Waals surface area contributed by atoms with Gasteiger partial charge >= 0.3 is 11.8 Å². The summed E-state index contributed by atoms with van der Waals surface area (Å²) in [5, 5.41) is 0. The maximum absolute atomic E-state index is 13.8. The maximum Gasteiger partial charge on any atom is 0.425 e. The van der Waals surface area contributed by atoms with Crippen molar-refractivity contribution < 1.29 is 25.1 Å². The van der Waals surface area contributed by atoms with Crippen LogP contribution >= 0.6 is 0 Å². The molecule has 1 saturated heterocycles. The highest BCUT2D eigenvalue weighted by atomic mass is 16.6. The Hall–Kier alpha value is -4.31. The molecule has 2 unspecified atom stereocenters. The zero-order valence-corrected chi connectivity index (χ0v) is 31.2. The molecule has 0 radical (unpaired) electrons. The van der Waals surface area contributed by atoms with E-state index in [1.807, 2.05) is 91.0 Å². The first-order valence-electron chi connectivity index (χ1n) is 19.1. The van der Waals surface area contributed by atoms with Crippen molar-refractivity contribution in [2.24, 2.45) is 0 Å². The third-order valence-corrected chi connectivity index (χ3v) is 9.30. The summed E-state index contributed by atoms with van der Waals surface area (Å²) in [6.45, 7) is 8.99. The van der Waals surface area contributed by atoms with E-state index in [1.54, 1.807) is 27.7 Å². The Balaban J connectivity index is 1.49. The summed E-state index contributed by atoms with van der Waals surface area (Å²) in [6.07, 6.45) is 4.37. The van der Waals surface area contributed by atoms with Gasteiger partial charge in [-0.05, 0) is 50.8 Å². The maximum atomic E-state index is 13.8. The molecule has 278 valence electrons. The molecular weight excluding hydrogens is 656 g/mol. The predicted molar refractivity (Wildman–Crippen MR) is 203 cm³/mol. The van der Waals surface area contributed by atoms with Crippen LogP contribution in [-0.2, 0) is 24.5 Å². The highest BCUT2D eigenvalue weighted by Gasteiger charge is 2.43. The highest BCUT2D eigenvalue weighted by molar-refractivity contribution is 5.70. The minimum absolute atomic E-state index is 0.0684. The second-order valence-electron chi connectivity index (χ2n) is 14.4. The molecule has 9 heteroatoms. The van der Waals surface area contributed by atoms with Crippen molar-refractivity contribution in [3.8, 4) is 0 Å².